The lowest BCUT2D eigenvalue weighted by molar-refractivity contribution is -0.128. The summed E-state index contributed by atoms with van der Waals surface area (Å²) in [5, 5.41) is 3.12. The van der Waals surface area contributed by atoms with E-state index >= 15 is 0 Å². The largest absolute Gasteiger partial charge is 0.496 e. The number of aryl methyl sites for hydroxylation is 2. The number of hydrogen-bond acceptors (Lipinski definition) is 3. The van der Waals surface area contributed by atoms with Gasteiger partial charge in [0.25, 0.3) is 5.91 Å². The normalized spacial score (nSPS) is 13.1. The van der Waals surface area contributed by atoms with Gasteiger partial charge in [0.05, 0.1) is 13.2 Å². The van der Waals surface area contributed by atoms with Crippen LogP contribution < -0.4 is 14.8 Å². The Morgan fingerprint density at radius 3 is 2.36 bits per heavy atom. The molecule has 0 aromatic heterocycles. The Hall–Kier alpha value is -2.49. The van der Waals surface area contributed by atoms with Crippen LogP contribution in [0.25, 0.3) is 0 Å². The van der Waals surface area contributed by atoms with Crippen molar-refractivity contribution in [3.05, 3.63) is 58.7 Å². The molecular formula is C24H33NO3. The third kappa shape index (κ3) is 5.28. The molecule has 2 aromatic carbocycles. The molecule has 0 spiro atoms. The number of rotatable bonds is 8. The van der Waals surface area contributed by atoms with Crippen LogP contribution in [-0.2, 0) is 4.79 Å². The molecule has 2 rings (SSSR count). The van der Waals surface area contributed by atoms with Gasteiger partial charge in [-0.25, -0.2) is 0 Å². The van der Waals surface area contributed by atoms with Gasteiger partial charge in [-0.2, -0.15) is 0 Å². The van der Waals surface area contributed by atoms with E-state index in [1.165, 1.54) is 0 Å². The molecule has 0 aliphatic rings. The molecule has 2 atom stereocenters. The standard InChI is InChI=1S/C24H33NO3/c1-8-22(28-19-11-9-10-16(4)12-19)24(26)25-18(6)21-14-20(15(2)3)23(27-7)13-17(21)5/h9-15,18,22H,8H2,1-7H3,(H,25,26)/t18-,22-/m0/s1. The molecule has 0 unspecified atom stereocenters. The quantitative estimate of drug-likeness (QED) is 0.657. The second-order valence-electron chi connectivity index (χ2n) is 7.67. The number of methoxy groups -OCH3 is 1. The first kappa shape index (κ1) is 21.8. The predicted octanol–water partition coefficient (Wildman–Crippen LogP) is 5.47. The van der Waals surface area contributed by atoms with Crippen molar-refractivity contribution in [1.82, 2.24) is 5.32 Å². The van der Waals surface area contributed by atoms with E-state index in [0.717, 1.165) is 33.8 Å². The highest BCUT2D eigenvalue weighted by Gasteiger charge is 2.22. The van der Waals surface area contributed by atoms with E-state index in [1.807, 2.05) is 58.0 Å². The zero-order valence-electron chi connectivity index (χ0n) is 18.1. The van der Waals surface area contributed by atoms with Crippen LogP contribution in [0.1, 0.15) is 68.3 Å². The molecule has 0 bridgehead atoms. The van der Waals surface area contributed by atoms with Gasteiger partial charge in [-0.3, -0.25) is 4.79 Å². The minimum absolute atomic E-state index is 0.0992. The van der Waals surface area contributed by atoms with Crippen molar-refractivity contribution in [2.24, 2.45) is 0 Å². The van der Waals surface area contributed by atoms with Gasteiger partial charge in [0.1, 0.15) is 11.5 Å². The van der Waals surface area contributed by atoms with Crippen LogP contribution in [0.5, 0.6) is 11.5 Å². The van der Waals surface area contributed by atoms with Crippen molar-refractivity contribution < 1.29 is 14.3 Å². The molecule has 0 saturated carbocycles. The summed E-state index contributed by atoms with van der Waals surface area (Å²) < 4.78 is 11.5. The van der Waals surface area contributed by atoms with E-state index < -0.39 is 6.10 Å². The highest BCUT2D eigenvalue weighted by atomic mass is 16.5. The maximum absolute atomic E-state index is 12.8. The zero-order valence-corrected chi connectivity index (χ0v) is 18.1. The first-order valence-corrected chi connectivity index (χ1v) is 9.98. The van der Waals surface area contributed by atoms with Crippen LogP contribution in [0.2, 0.25) is 0 Å². The van der Waals surface area contributed by atoms with Gasteiger partial charge >= 0.3 is 0 Å². The van der Waals surface area contributed by atoms with Crippen LogP contribution in [0, 0.1) is 13.8 Å². The molecule has 0 saturated heterocycles. The van der Waals surface area contributed by atoms with Gasteiger partial charge in [0.15, 0.2) is 6.10 Å². The van der Waals surface area contributed by atoms with Gasteiger partial charge in [0, 0.05) is 0 Å². The number of carbonyl (C=O) groups is 1. The number of benzene rings is 2. The highest BCUT2D eigenvalue weighted by molar-refractivity contribution is 5.81. The minimum Gasteiger partial charge on any atom is -0.496 e. The van der Waals surface area contributed by atoms with Crippen LogP contribution in [0.15, 0.2) is 36.4 Å². The molecule has 0 aliphatic heterocycles. The zero-order chi connectivity index (χ0) is 20.8. The number of hydrogen-bond donors (Lipinski definition) is 1. The van der Waals surface area contributed by atoms with E-state index in [-0.39, 0.29) is 11.9 Å². The Morgan fingerprint density at radius 2 is 1.79 bits per heavy atom. The number of nitrogens with one attached hydrogen (secondary N) is 1. The molecule has 0 heterocycles. The molecular weight excluding hydrogens is 350 g/mol. The summed E-state index contributed by atoms with van der Waals surface area (Å²) in [6, 6.07) is 11.9. The molecule has 4 heteroatoms. The monoisotopic (exact) mass is 383 g/mol. The molecule has 0 fully saturated rings. The van der Waals surface area contributed by atoms with Crippen molar-refractivity contribution >= 4 is 5.91 Å². The second-order valence-corrected chi connectivity index (χ2v) is 7.67. The summed E-state index contributed by atoms with van der Waals surface area (Å²) in [5.41, 5.74) is 4.45. The SMILES string of the molecule is CC[C@H](Oc1cccc(C)c1)C(=O)N[C@@H](C)c1cc(C(C)C)c(OC)cc1C. The van der Waals surface area contributed by atoms with Crippen LogP contribution in [0.4, 0.5) is 0 Å². The third-order valence-electron chi connectivity index (χ3n) is 5.00. The molecule has 1 amide bonds. The number of carbonyl (C=O) groups excluding carboxylic acids is 1. The van der Waals surface area contributed by atoms with Gasteiger partial charge < -0.3 is 14.8 Å². The highest BCUT2D eigenvalue weighted by Crippen LogP contribution is 2.32. The average molecular weight is 384 g/mol. The lowest BCUT2D eigenvalue weighted by Gasteiger charge is -2.23. The van der Waals surface area contributed by atoms with Gasteiger partial charge in [-0.15, -0.1) is 0 Å². The Balaban J connectivity index is 2.17. The summed E-state index contributed by atoms with van der Waals surface area (Å²) in [6.45, 7) is 12.3. The predicted molar refractivity (Wildman–Crippen MR) is 114 cm³/mol. The first-order valence-electron chi connectivity index (χ1n) is 9.98. The van der Waals surface area contributed by atoms with Crippen molar-refractivity contribution in [1.29, 1.82) is 0 Å². The van der Waals surface area contributed by atoms with E-state index in [4.69, 9.17) is 9.47 Å². The van der Waals surface area contributed by atoms with E-state index in [9.17, 15) is 4.79 Å². The Kier molecular flexibility index (Phi) is 7.50. The Labute approximate surface area is 169 Å². The average Bonchev–Trinajstić information content (AvgIpc) is 2.65. The fourth-order valence-corrected chi connectivity index (χ4v) is 3.37. The summed E-state index contributed by atoms with van der Waals surface area (Å²) in [5.74, 6) is 1.85. The van der Waals surface area contributed by atoms with Crippen molar-refractivity contribution in [2.45, 2.75) is 66.0 Å². The molecule has 0 aliphatic carbocycles. The molecule has 0 radical (unpaired) electrons. The molecule has 152 valence electrons. The lowest BCUT2D eigenvalue weighted by Crippen LogP contribution is -2.39. The summed E-state index contributed by atoms with van der Waals surface area (Å²) in [6.07, 6.45) is 0.0816. The summed E-state index contributed by atoms with van der Waals surface area (Å²) in [7, 11) is 1.69. The smallest absolute Gasteiger partial charge is 0.261 e. The number of ether oxygens (including phenoxy) is 2. The fraction of sp³-hybridized carbons (Fsp3) is 0.458. The van der Waals surface area contributed by atoms with E-state index in [0.29, 0.717) is 12.3 Å². The fourth-order valence-electron chi connectivity index (χ4n) is 3.37. The first-order chi connectivity index (χ1) is 13.3. The van der Waals surface area contributed by atoms with Gasteiger partial charge in [-0.1, -0.05) is 32.9 Å². The van der Waals surface area contributed by atoms with Crippen LogP contribution in [-0.4, -0.2) is 19.1 Å². The topological polar surface area (TPSA) is 47.6 Å². The Morgan fingerprint density at radius 1 is 1.07 bits per heavy atom. The molecule has 1 N–H and O–H groups in total. The lowest BCUT2D eigenvalue weighted by atomic mass is 9.93. The van der Waals surface area contributed by atoms with Crippen molar-refractivity contribution in [3.8, 4) is 11.5 Å². The van der Waals surface area contributed by atoms with E-state index in [2.05, 4.69) is 25.2 Å². The van der Waals surface area contributed by atoms with Crippen molar-refractivity contribution in [3.63, 3.8) is 0 Å². The summed E-state index contributed by atoms with van der Waals surface area (Å²) in [4.78, 5) is 12.8. The third-order valence-corrected chi connectivity index (χ3v) is 5.00. The maximum Gasteiger partial charge on any atom is 0.261 e. The number of amides is 1. The second kappa shape index (κ2) is 9.63. The molecule has 4 nitrogen and oxygen atoms in total. The molecule has 28 heavy (non-hydrogen) atoms. The van der Waals surface area contributed by atoms with Gasteiger partial charge in [0.2, 0.25) is 0 Å². The minimum atomic E-state index is -0.521. The Bertz CT molecular complexity index is 813. The molecule has 2 aromatic rings. The van der Waals surface area contributed by atoms with Gasteiger partial charge in [-0.05, 0) is 79.6 Å². The van der Waals surface area contributed by atoms with Crippen molar-refractivity contribution in [2.75, 3.05) is 7.11 Å². The summed E-state index contributed by atoms with van der Waals surface area (Å²) >= 11 is 0. The van der Waals surface area contributed by atoms with E-state index in [1.54, 1.807) is 7.11 Å². The maximum atomic E-state index is 12.8. The van der Waals surface area contributed by atoms with Crippen LogP contribution >= 0.6 is 0 Å². The van der Waals surface area contributed by atoms with Crippen LogP contribution in [0.3, 0.4) is 0 Å².